The molecule has 5 heteroatoms. The lowest BCUT2D eigenvalue weighted by Crippen LogP contribution is -2.07. The molecule has 2 aromatic rings. The van der Waals surface area contributed by atoms with Gasteiger partial charge in [-0.3, -0.25) is 0 Å². The molecule has 0 saturated heterocycles. The van der Waals surface area contributed by atoms with Crippen molar-refractivity contribution in [3.05, 3.63) is 55.9 Å². The smallest absolute Gasteiger partial charge is 0.134 e. The molecular weight excluding hydrogens is 393 g/mol. The van der Waals surface area contributed by atoms with Crippen LogP contribution in [0.5, 0.6) is 5.75 Å². The van der Waals surface area contributed by atoms with Gasteiger partial charge >= 0.3 is 0 Å². The van der Waals surface area contributed by atoms with Gasteiger partial charge in [0.15, 0.2) is 0 Å². The first kappa shape index (κ1) is 14.7. The lowest BCUT2D eigenvalue weighted by Gasteiger charge is -2.17. The van der Waals surface area contributed by atoms with E-state index in [1.54, 1.807) is 18.2 Å². The fraction of sp³-hybridized carbons (Fsp3) is 0.143. The Morgan fingerprint density at radius 1 is 1.16 bits per heavy atom. The van der Waals surface area contributed by atoms with E-state index in [9.17, 15) is 5.11 Å². The minimum absolute atomic E-state index is 0.0877. The summed E-state index contributed by atoms with van der Waals surface area (Å²) in [5.74, 6) is 0.0877. The lowest BCUT2D eigenvalue weighted by atomic mass is 10.1. The molecule has 0 aromatic heterocycles. The van der Waals surface area contributed by atoms with Crippen LogP contribution in [0.3, 0.4) is 0 Å². The van der Waals surface area contributed by atoms with Crippen molar-refractivity contribution < 1.29 is 5.11 Å². The maximum Gasteiger partial charge on any atom is 0.134 e. The summed E-state index contributed by atoms with van der Waals surface area (Å²) in [4.78, 5) is 0. The van der Waals surface area contributed by atoms with Gasteiger partial charge in [0.1, 0.15) is 5.75 Å². The standard InChI is InChI=1S/C14H12Br2ClNO/c1-8(11-4-2-9(15)6-12(11)16)18-10-3-5-14(19)13(17)7-10/h2-8,18-19H,1H3. The van der Waals surface area contributed by atoms with E-state index in [0.717, 1.165) is 20.2 Å². The zero-order valence-corrected chi connectivity index (χ0v) is 14.1. The highest BCUT2D eigenvalue weighted by molar-refractivity contribution is 9.11. The predicted octanol–water partition coefficient (Wildman–Crippen LogP) is 5.74. The first-order chi connectivity index (χ1) is 8.97. The Bertz CT molecular complexity index is 604. The van der Waals surface area contributed by atoms with Crippen molar-refractivity contribution >= 4 is 49.1 Å². The molecule has 0 aliphatic carbocycles. The molecule has 2 N–H and O–H groups in total. The van der Waals surface area contributed by atoms with Crippen molar-refractivity contribution in [2.75, 3.05) is 5.32 Å². The summed E-state index contributed by atoms with van der Waals surface area (Å²) in [5.41, 5.74) is 2.01. The van der Waals surface area contributed by atoms with Crippen LogP contribution in [0, 0.1) is 0 Å². The Hall–Kier alpha value is -0.710. The molecule has 0 saturated carbocycles. The van der Waals surface area contributed by atoms with Crippen molar-refractivity contribution in [2.45, 2.75) is 13.0 Å². The second-order valence-corrected chi connectivity index (χ2v) is 6.38. The quantitative estimate of drug-likeness (QED) is 0.638. The van der Waals surface area contributed by atoms with Crippen molar-refractivity contribution in [3.8, 4) is 5.75 Å². The zero-order valence-electron chi connectivity index (χ0n) is 10.1. The lowest BCUT2D eigenvalue weighted by molar-refractivity contribution is 0.475. The Labute approximate surface area is 134 Å². The molecule has 0 radical (unpaired) electrons. The van der Waals surface area contributed by atoms with Gasteiger partial charge in [-0.15, -0.1) is 0 Å². The van der Waals surface area contributed by atoms with E-state index in [4.69, 9.17) is 11.6 Å². The highest BCUT2D eigenvalue weighted by Crippen LogP contribution is 2.31. The molecule has 2 rings (SSSR count). The number of hydrogen-bond acceptors (Lipinski definition) is 2. The van der Waals surface area contributed by atoms with Crippen LogP contribution in [0.1, 0.15) is 18.5 Å². The number of hydrogen-bond donors (Lipinski definition) is 2. The fourth-order valence-corrected chi connectivity index (χ4v) is 3.35. The van der Waals surface area contributed by atoms with E-state index in [1.165, 1.54) is 0 Å². The molecular formula is C14H12Br2ClNO. The Balaban J connectivity index is 2.20. The number of anilines is 1. The average Bonchev–Trinajstić information content (AvgIpc) is 2.33. The molecule has 0 fully saturated rings. The van der Waals surface area contributed by atoms with Gasteiger partial charge < -0.3 is 10.4 Å². The largest absolute Gasteiger partial charge is 0.506 e. The Kier molecular flexibility index (Phi) is 4.76. The van der Waals surface area contributed by atoms with E-state index >= 15 is 0 Å². The van der Waals surface area contributed by atoms with Crippen molar-refractivity contribution in [1.29, 1.82) is 0 Å². The Morgan fingerprint density at radius 3 is 2.53 bits per heavy atom. The monoisotopic (exact) mass is 403 g/mol. The third-order valence-corrected chi connectivity index (χ3v) is 4.24. The summed E-state index contributed by atoms with van der Waals surface area (Å²) in [6.45, 7) is 2.06. The molecule has 0 amide bonds. The van der Waals surface area contributed by atoms with Crippen LogP contribution in [0.25, 0.3) is 0 Å². The normalized spacial score (nSPS) is 12.2. The van der Waals surface area contributed by atoms with E-state index < -0.39 is 0 Å². The molecule has 0 aliphatic heterocycles. The number of phenolic OH excluding ortho intramolecular Hbond substituents is 1. The van der Waals surface area contributed by atoms with Gasteiger partial charge in [-0.25, -0.2) is 0 Å². The predicted molar refractivity (Wildman–Crippen MR) is 87.0 cm³/mol. The van der Waals surface area contributed by atoms with Gasteiger partial charge in [0, 0.05) is 20.7 Å². The third-order valence-electron chi connectivity index (χ3n) is 2.76. The molecule has 0 spiro atoms. The first-order valence-corrected chi connectivity index (χ1v) is 7.64. The number of aromatic hydroxyl groups is 1. The summed E-state index contributed by atoms with van der Waals surface area (Å²) < 4.78 is 2.06. The number of halogens is 3. The molecule has 100 valence electrons. The van der Waals surface area contributed by atoms with Gasteiger partial charge in [-0.05, 0) is 42.8 Å². The maximum absolute atomic E-state index is 9.40. The van der Waals surface area contributed by atoms with E-state index in [-0.39, 0.29) is 11.8 Å². The van der Waals surface area contributed by atoms with E-state index in [2.05, 4.69) is 44.1 Å². The highest BCUT2D eigenvalue weighted by atomic mass is 79.9. The molecule has 19 heavy (non-hydrogen) atoms. The fourth-order valence-electron chi connectivity index (χ4n) is 1.78. The molecule has 0 aliphatic rings. The minimum Gasteiger partial charge on any atom is -0.506 e. The van der Waals surface area contributed by atoms with Crippen molar-refractivity contribution in [2.24, 2.45) is 0 Å². The number of nitrogens with one attached hydrogen (secondary N) is 1. The summed E-state index contributed by atoms with van der Waals surface area (Å²) >= 11 is 12.9. The summed E-state index contributed by atoms with van der Waals surface area (Å²) in [6.07, 6.45) is 0. The van der Waals surface area contributed by atoms with Gasteiger partial charge in [0.2, 0.25) is 0 Å². The highest BCUT2D eigenvalue weighted by Gasteiger charge is 2.10. The molecule has 0 heterocycles. The van der Waals surface area contributed by atoms with Gasteiger partial charge in [-0.2, -0.15) is 0 Å². The van der Waals surface area contributed by atoms with Crippen LogP contribution in [0.15, 0.2) is 45.3 Å². The van der Waals surface area contributed by atoms with E-state index in [0.29, 0.717) is 5.02 Å². The number of phenols is 1. The van der Waals surface area contributed by atoms with Crippen LogP contribution in [0.4, 0.5) is 5.69 Å². The van der Waals surface area contributed by atoms with Gasteiger partial charge in [-0.1, -0.05) is 49.5 Å². The summed E-state index contributed by atoms with van der Waals surface area (Å²) in [6, 6.07) is 11.3. The Morgan fingerprint density at radius 2 is 1.89 bits per heavy atom. The first-order valence-electron chi connectivity index (χ1n) is 5.67. The van der Waals surface area contributed by atoms with Gasteiger partial charge in [0.25, 0.3) is 0 Å². The van der Waals surface area contributed by atoms with Crippen LogP contribution >= 0.6 is 43.5 Å². The van der Waals surface area contributed by atoms with Gasteiger partial charge in [0.05, 0.1) is 5.02 Å². The minimum atomic E-state index is 0.0877. The molecule has 1 atom stereocenters. The van der Waals surface area contributed by atoms with Crippen LogP contribution in [-0.4, -0.2) is 5.11 Å². The maximum atomic E-state index is 9.40. The second-order valence-electron chi connectivity index (χ2n) is 4.20. The van der Waals surface area contributed by atoms with Crippen LogP contribution < -0.4 is 5.32 Å². The summed E-state index contributed by atoms with van der Waals surface area (Å²) in [5, 5.41) is 13.1. The van der Waals surface area contributed by atoms with E-state index in [1.807, 2.05) is 18.2 Å². The zero-order chi connectivity index (χ0) is 14.0. The molecule has 1 unspecified atom stereocenters. The average molecular weight is 406 g/mol. The third kappa shape index (κ3) is 3.65. The van der Waals surface area contributed by atoms with Crippen molar-refractivity contribution in [3.63, 3.8) is 0 Å². The van der Waals surface area contributed by atoms with Crippen molar-refractivity contribution in [1.82, 2.24) is 0 Å². The SMILES string of the molecule is CC(Nc1ccc(O)c(Cl)c1)c1ccc(Br)cc1Br. The molecule has 0 bridgehead atoms. The van der Waals surface area contributed by atoms with Crippen LogP contribution in [-0.2, 0) is 0 Å². The molecule has 2 aromatic carbocycles. The summed E-state index contributed by atoms with van der Waals surface area (Å²) in [7, 11) is 0. The van der Waals surface area contributed by atoms with Crippen LogP contribution in [0.2, 0.25) is 5.02 Å². The number of rotatable bonds is 3. The topological polar surface area (TPSA) is 32.3 Å². The number of benzene rings is 2. The second kappa shape index (κ2) is 6.16. The molecule has 2 nitrogen and oxygen atoms in total.